The number of H-pyrrole nitrogens is 1. The number of amides is 1. The number of carbonyl (C=O) groups excluding carboxylic acids is 1. The third-order valence-corrected chi connectivity index (χ3v) is 4.82. The average molecular weight is 326 g/mol. The van der Waals surface area contributed by atoms with Crippen LogP contribution in [0, 0.1) is 12.8 Å². The van der Waals surface area contributed by atoms with Crippen LogP contribution in [0.25, 0.3) is 11.3 Å². The fourth-order valence-electron chi connectivity index (χ4n) is 3.41. The number of hydrogen-bond donors (Lipinski definition) is 4. The van der Waals surface area contributed by atoms with E-state index in [1.165, 1.54) is 19.3 Å². The Morgan fingerprint density at radius 1 is 1.29 bits per heavy atom. The van der Waals surface area contributed by atoms with E-state index in [-0.39, 0.29) is 0 Å². The first-order valence-corrected chi connectivity index (χ1v) is 8.68. The Kier molecular flexibility index (Phi) is 5.20. The van der Waals surface area contributed by atoms with Crippen LogP contribution in [-0.2, 0) is 0 Å². The highest BCUT2D eigenvalue weighted by molar-refractivity contribution is 5.96. The molecule has 1 aliphatic heterocycles. The number of primary amides is 1. The SMILES string of the molecule is Cc1[nH]c(-c2ccccc2NCCC2CCNCC2)cc1C(N)=O. The molecule has 5 heteroatoms. The molecule has 0 radical (unpaired) electrons. The number of carbonyl (C=O) groups is 1. The van der Waals surface area contributed by atoms with E-state index >= 15 is 0 Å². The number of aromatic nitrogens is 1. The standard InChI is InChI=1S/C19H26N4O/c1-13-16(19(20)24)12-18(23-13)15-4-2-3-5-17(15)22-11-8-14-6-9-21-10-7-14/h2-5,12,14,21-23H,6-11H2,1H3,(H2,20,24). The van der Waals surface area contributed by atoms with Gasteiger partial charge in [0.25, 0.3) is 5.91 Å². The van der Waals surface area contributed by atoms with Gasteiger partial charge in [-0.3, -0.25) is 4.79 Å². The Morgan fingerprint density at radius 2 is 2.04 bits per heavy atom. The number of piperidine rings is 1. The minimum absolute atomic E-state index is 0.397. The molecule has 1 amide bonds. The van der Waals surface area contributed by atoms with Crippen molar-refractivity contribution < 1.29 is 4.79 Å². The number of rotatable bonds is 6. The molecule has 1 aromatic heterocycles. The van der Waals surface area contributed by atoms with Gasteiger partial charge in [0.1, 0.15) is 0 Å². The maximum absolute atomic E-state index is 11.5. The fourth-order valence-corrected chi connectivity index (χ4v) is 3.41. The van der Waals surface area contributed by atoms with Gasteiger partial charge in [0.05, 0.1) is 5.56 Å². The van der Waals surface area contributed by atoms with Crippen molar-refractivity contribution in [1.82, 2.24) is 10.3 Å². The predicted octanol–water partition coefficient (Wildman–Crippen LogP) is 2.89. The third-order valence-electron chi connectivity index (χ3n) is 4.82. The van der Waals surface area contributed by atoms with Crippen molar-refractivity contribution in [2.75, 3.05) is 25.0 Å². The van der Waals surface area contributed by atoms with Gasteiger partial charge in [-0.25, -0.2) is 0 Å². The van der Waals surface area contributed by atoms with Gasteiger partial charge in [-0.05, 0) is 57.3 Å². The number of nitrogens with two attached hydrogens (primary N) is 1. The zero-order valence-electron chi connectivity index (χ0n) is 14.2. The van der Waals surface area contributed by atoms with Gasteiger partial charge in [-0.1, -0.05) is 18.2 Å². The Bertz CT molecular complexity index is 701. The normalized spacial score (nSPS) is 15.4. The lowest BCUT2D eigenvalue weighted by Gasteiger charge is -2.23. The molecule has 0 bridgehead atoms. The zero-order chi connectivity index (χ0) is 16.9. The molecule has 24 heavy (non-hydrogen) atoms. The molecule has 0 aliphatic carbocycles. The van der Waals surface area contributed by atoms with Crippen LogP contribution in [0.1, 0.15) is 35.3 Å². The van der Waals surface area contributed by atoms with E-state index in [9.17, 15) is 4.79 Å². The quantitative estimate of drug-likeness (QED) is 0.659. The summed E-state index contributed by atoms with van der Waals surface area (Å²) in [5.74, 6) is 0.409. The lowest BCUT2D eigenvalue weighted by molar-refractivity contribution is 0.1000. The summed E-state index contributed by atoms with van der Waals surface area (Å²) in [6, 6.07) is 10.0. The molecule has 128 valence electrons. The van der Waals surface area contributed by atoms with Crippen molar-refractivity contribution in [3.8, 4) is 11.3 Å². The summed E-state index contributed by atoms with van der Waals surface area (Å²) in [6.45, 7) is 5.11. The molecule has 1 aliphatic rings. The number of benzene rings is 1. The van der Waals surface area contributed by atoms with Gasteiger partial charge < -0.3 is 21.4 Å². The maximum atomic E-state index is 11.5. The molecule has 5 nitrogen and oxygen atoms in total. The van der Waals surface area contributed by atoms with E-state index in [4.69, 9.17) is 5.73 Å². The van der Waals surface area contributed by atoms with Crippen LogP contribution in [0.2, 0.25) is 0 Å². The van der Waals surface area contributed by atoms with E-state index in [0.717, 1.165) is 48.2 Å². The van der Waals surface area contributed by atoms with Gasteiger partial charge >= 0.3 is 0 Å². The molecule has 1 saturated heterocycles. The molecule has 0 saturated carbocycles. The van der Waals surface area contributed by atoms with Crippen LogP contribution < -0.4 is 16.4 Å². The highest BCUT2D eigenvalue weighted by atomic mass is 16.1. The minimum atomic E-state index is -0.397. The third kappa shape index (κ3) is 3.79. The van der Waals surface area contributed by atoms with E-state index in [1.54, 1.807) is 0 Å². The number of aromatic amines is 1. The first kappa shape index (κ1) is 16.6. The summed E-state index contributed by atoms with van der Waals surface area (Å²) in [5, 5.41) is 6.97. The van der Waals surface area contributed by atoms with E-state index < -0.39 is 5.91 Å². The Balaban J connectivity index is 1.70. The first-order valence-electron chi connectivity index (χ1n) is 8.68. The highest BCUT2D eigenvalue weighted by Gasteiger charge is 2.14. The summed E-state index contributed by atoms with van der Waals surface area (Å²) < 4.78 is 0. The predicted molar refractivity (Wildman–Crippen MR) is 98.2 cm³/mol. The zero-order valence-corrected chi connectivity index (χ0v) is 14.2. The Labute approximate surface area is 143 Å². The molecule has 5 N–H and O–H groups in total. The molecule has 1 fully saturated rings. The van der Waals surface area contributed by atoms with Crippen LogP contribution in [0.15, 0.2) is 30.3 Å². The number of hydrogen-bond acceptors (Lipinski definition) is 3. The van der Waals surface area contributed by atoms with Gasteiger partial charge in [0, 0.05) is 29.2 Å². The lowest BCUT2D eigenvalue weighted by atomic mass is 9.94. The molecule has 3 rings (SSSR count). The van der Waals surface area contributed by atoms with Crippen molar-refractivity contribution in [1.29, 1.82) is 0 Å². The number of para-hydroxylation sites is 1. The first-order chi connectivity index (χ1) is 11.6. The summed E-state index contributed by atoms with van der Waals surface area (Å²) in [4.78, 5) is 14.8. The lowest BCUT2D eigenvalue weighted by Crippen LogP contribution is -2.28. The smallest absolute Gasteiger partial charge is 0.250 e. The van der Waals surface area contributed by atoms with Crippen molar-refractivity contribution in [3.63, 3.8) is 0 Å². The van der Waals surface area contributed by atoms with Gasteiger partial charge in [0.2, 0.25) is 0 Å². The maximum Gasteiger partial charge on any atom is 0.250 e. The molecule has 1 aromatic carbocycles. The summed E-state index contributed by atoms with van der Waals surface area (Å²) >= 11 is 0. The monoisotopic (exact) mass is 326 g/mol. The largest absolute Gasteiger partial charge is 0.384 e. The number of nitrogens with one attached hydrogen (secondary N) is 3. The number of anilines is 1. The van der Waals surface area contributed by atoms with E-state index in [0.29, 0.717) is 5.56 Å². The number of aryl methyl sites for hydroxylation is 1. The van der Waals surface area contributed by atoms with Crippen molar-refractivity contribution in [2.45, 2.75) is 26.2 Å². The van der Waals surface area contributed by atoms with Gasteiger partial charge in [-0.15, -0.1) is 0 Å². The second kappa shape index (κ2) is 7.53. The molecule has 2 aromatic rings. The van der Waals surface area contributed by atoms with Crippen LogP contribution in [0.3, 0.4) is 0 Å². The summed E-state index contributed by atoms with van der Waals surface area (Å²) in [6.07, 6.45) is 3.72. The Morgan fingerprint density at radius 3 is 2.75 bits per heavy atom. The van der Waals surface area contributed by atoms with Crippen LogP contribution in [0.4, 0.5) is 5.69 Å². The topological polar surface area (TPSA) is 82.9 Å². The van der Waals surface area contributed by atoms with Crippen molar-refractivity contribution >= 4 is 11.6 Å². The van der Waals surface area contributed by atoms with Gasteiger partial charge in [0.15, 0.2) is 0 Å². The van der Waals surface area contributed by atoms with Crippen LogP contribution in [-0.4, -0.2) is 30.5 Å². The highest BCUT2D eigenvalue weighted by Crippen LogP contribution is 2.29. The average Bonchev–Trinajstić information content (AvgIpc) is 2.98. The molecule has 0 unspecified atom stereocenters. The molecular formula is C19H26N4O. The molecule has 2 heterocycles. The summed E-state index contributed by atoms with van der Waals surface area (Å²) in [5.41, 5.74) is 9.86. The molecule has 0 spiro atoms. The van der Waals surface area contributed by atoms with Crippen molar-refractivity contribution in [3.05, 3.63) is 41.6 Å². The molecular weight excluding hydrogens is 300 g/mol. The Hall–Kier alpha value is -2.27. The second-order valence-corrected chi connectivity index (χ2v) is 6.54. The minimum Gasteiger partial charge on any atom is -0.384 e. The van der Waals surface area contributed by atoms with Crippen LogP contribution in [0.5, 0.6) is 0 Å². The fraction of sp³-hybridized carbons (Fsp3) is 0.421. The summed E-state index contributed by atoms with van der Waals surface area (Å²) in [7, 11) is 0. The van der Waals surface area contributed by atoms with E-state index in [2.05, 4.69) is 27.8 Å². The van der Waals surface area contributed by atoms with Crippen molar-refractivity contribution in [2.24, 2.45) is 11.7 Å². The van der Waals surface area contributed by atoms with E-state index in [1.807, 2.05) is 25.1 Å². The second-order valence-electron chi connectivity index (χ2n) is 6.54. The molecule has 0 atom stereocenters. The van der Waals surface area contributed by atoms with Gasteiger partial charge in [-0.2, -0.15) is 0 Å². The van der Waals surface area contributed by atoms with Crippen LogP contribution >= 0.6 is 0 Å².